The summed E-state index contributed by atoms with van der Waals surface area (Å²) >= 11 is 0. The van der Waals surface area contributed by atoms with Gasteiger partial charge in [0.15, 0.2) is 0 Å². The van der Waals surface area contributed by atoms with Gasteiger partial charge >= 0.3 is 20.8 Å². The largest absolute Gasteiger partial charge is 0.414 e. The summed E-state index contributed by atoms with van der Waals surface area (Å²) in [4.78, 5) is 0. The summed E-state index contributed by atoms with van der Waals surface area (Å²) in [6.07, 6.45) is 0. The number of rotatable bonds is 3. The van der Waals surface area contributed by atoms with Crippen LogP contribution < -0.4 is 3.71 Å². The molecule has 1 rings (SSSR count). The topological polar surface area (TPSA) is 71.5 Å². The molecule has 90 valence electrons. The lowest BCUT2D eigenvalue weighted by atomic mass is 10.3. The van der Waals surface area contributed by atoms with Crippen molar-refractivity contribution in [2.45, 2.75) is 0 Å². The molecular formula is C6H4F3NO4S2. The number of benzene rings is 1. The molecule has 0 saturated heterocycles. The molecule has 0 aliphatic heterocycles. The minimum Gasteiger partial charge on any atom is -0.207 e. The number of hydrogen-bond acceptors (Lipinski definition) is 4. The zero-order chi connectivity index (χ0) is 12.6. The molecule has 0 amide bonds. The Labute approximate surface area is 89.8 Å². The van der Waals surface area contributed by atoms with E-state index in [4.69, 9.17) is 0 Å². The van der Waals surface area contributed by atoms with Gasteiger partial charge in [-0.05, 0) is 18.2 Å². The molecule has 0 spiro atoms. The first-order valence-electron chi connectivity index (χ1n) is 3.57. The van der Waals surface area contributed by atoms with Gasteiger partial charge in [-0.2, -0.15) is 16.8 Å². The van der Waals surface area contributed by atoms with Crippen LogP contribution in [0.25, 0.3) is 0 Å². The van der Waals surface area contributed by atoms with Gasteiger partial charge in [-0.1, -0.05) is 13.8 Å². The Morgan fingerprint density at radius 3 is 1.88 bits per heavy atom. The second kappa shape index (κ2) is 3.94. The van der Waals surface area contributed by atoms with Gasteiger partial charge in [0.05, 0.1) is 5.69 Å². The normalized spacial score (nSPS) is 12.4. The Balaban J connectivity index is 3.47. The summed E-state index contributed by atoms with van der Waals surface area (Å²) in [6.45, 7) is 0. The third-order valence-corrected chi connectivity index (χ3v) is 3.70. The SMILES string of the molecule is O=S(=O)(F)N(c1cccc(F)c1)S(=O)(=O)F. The highest BCUT2D eigenvalue weighted by molar-refractivity contribution is 8.05. The van der Waals surface area contributed by atoms with Crippen LogP contribution in [0.15, 0.2) is 24.3 Å². The average molecular weight is 275 g/mol. The van der Waals surface area contributed by atoms with E-state index in [1.165, 1.54) is 0 Å². The van der Waals surface area contributed by atoms with Gasteiger partial charge in [0, 0.05) is 0 Å². The maximum absolute atomic E-state index is 12.6. The zero-order valence-electron chi connectivity index (χ0n) is 7.34. The van der Waals surface area contributed by atoms with Crippen molar-refractivity contribution >= 4 is 26.5 Å². The van der Waals surface area contributed by atoms with E-state index in [9.17, 15) is 29.0 Å². The van der Waals surface area contributed by atoms with Crippen LogP contribution in [0.4, 0.5) is 17.8 Å². The van der Waals surface area contributed by atoms with Gasteiger partial charge < -0.3 is 0 Å². The third kappa shape index (κ3) is 2.85. The summed E-state index contributed by atoms with van der Waals surface area (Å²) in [7, 11) is -11.8. The number of hydrogen-bond donors (Lipinski definition) is 0. The minimum absolute atomic E-state index is 0.355. The molecular weight excluding hydrogens is 271 g/mol. The summed E-state index contributed by atoms with van der Waals surface area (Å²) in [5.41, 5.74) is -0.995. The molecule has 0 bridgehead atoms. The molecule has 0 heterocycles. The molecule has 0 fully saturated rings. The second-order valence-electron chi connectivity index (χ2n) is 2.56. The van der Waals surface area contributed by atoms with Crippen LogP contribution >= 0.6 is 0 Å². The highest BCUT2D eigenvalue weighted by Crippen LogP contribution is 2.24. The first kappa shape index (κ1) is 12.8. The van der Waals surface area contributed by atoms with Crippen molar-refractivity contribution < 1.29 is 29.0 Å². The fraction of sp³-hybridized carbons (Fsp3) is 0. The van der Waals surface area contributed by atoms with Gasteiger partial charge in [-0.15, -0.1) is 3.71 Å². The summed E-state index contributed by atoms with van der Waals surface area (Å²) < 4.78 is 78.2. The van der Waals surface area contributed by atoms with E-state index in [1.807, 2.05) is 0 Å². The van der Waals surface area contributed by atoms with E-state index < -0.39 is 36.0 Å². The van der Waals surface area contributed by atoms with Gasteiger partial charge in [0.2, 0.25) is 0 Å². The Morgan fingerprint density at radius 2 is 1.50 bits per heavy atom. The Morgan fingerprint density at radius 1 is 1.00 bits per heavy atom. The Bertz CT molecular complexity index is 566. The van der Waals surface area contributed by atoms with Crippen molar-refractivity contribution in [3.05, 3.63) is 30.1 Å². The van der Waals surface area contributed by atoms with Crippen LogP contribution in [0.3, 0.4) is 0 Å². The zero-order valence-corrected chi connectivity index (χ0v) is 8.97. The maximum atomic E-state index is 12.6. The van der Waals surface area contributed by atoms with Crippen LogP contribution in [0.5, 0.6) is 0 Å². The van der Waals surface area contributed by atoms with Gasteiger partial charge in [-0.25, -0.2) is 4.39 Å². The lowest BCUT2D eigenvalue weighted by Gasteiger charge is -2.13. The minimum atomic E-state index is -5.89. The van der Waals surface area contributed by atoms with Crippen LogP contribution in [0.1, 0.15) is 0 Å². The second-order valence-corrected chi connectivity index (χ2v) is 5.17. The summed E-state index contributed by atoms with van der Waals surface area (Å²) in [6, 6.07) is 2.82. The molecule has 0 atom stereocenters. The fourth-order valence-electron chi connectivity index (χ4n) is 0.948. The predicted molar refractivity (Wildman–Crippen MR) is 48.9 cm³/mol. The highest BCUT2D eigenvalue weighted by atomic mass is 32.3. The van der Waals surface area contributed by atoms with Crippen LogP contribution in [0, 0.1) is 5.82 Å². The molecule has 1 aromatic carbocycles. The molecule has 0 aliphatic rings. The van der Waals surface area contributed by atoms with Crippen molar-refractivity contribution in [1.29, 1.82) is 0 Å². The first-order valence-corrected chi connectivity index (χ1v) is 6.26. The number of halogens is 3. The average Bonchev–Trinajstić information content (AvgIpc) is 1.97. The van der Waals surface area contributed by atoms with Crippen LogP contribution in [-0.4, -0.2) is 16.8 Å². The lowest BCUT2D eigenvalue weighted by Crippen LogP contribution is -2.31. The summed E-state index contributed by atoms with van der Waals surface area (Å²) in [5.74, 6) is -1.05. The van der Waals surface area contributed by atoms with Gasteiger partial charge in [-0.3, -0.25) is 0 Å². The maximum Gasteiger partial charge on any atom is 0.414 e. The van der Waals surface area contributed by atoms with Gasteiger partial charge in [0.25, 0.3) is 0 Å². The lowest BCUT2D eigenvalue weighted by molar-refractivity contribution is 0.536. The van der Waals surface area contributed by atoms with Crippen molar-refractivity contribution in [2.24, 2.45) is 0 Å². The van der Waals surface area contributed by atoms with E-state index in [0.29, 0.717) is 6.07 Å². The van der Waals surface area contributed by atoms with Gasteiger partial charge in [0.1, 0.15) is 5.82 Å². The van der Waals surface area contributed by atoms with E-state index >= 15 is 0 Å². The third-order valence-electron chi connectivity index (χ3n) is 1.42. The Hall–Kier alpha value is -1.29. The van der Waals surface area contributed by atoms with E-state index in [1.54, 1.807) is 0 Å². The van der Waals surface area contributed by atoms with Crippen molar-refractivity contribution in [1.82, 2.24) is 0 Å². The van der Waals surface area contributed by atoms with Crippen molar-refractivity contribution in [3.63, 3.8) is 0 Å². The molecule has 0 radical (unpaired) electrons. The molecule has 0 aromatic heterocycles. The molecule has 0 saturated carbocycles. The van der Waals surface area contributed by atoms with E-state index in [2.05, 4.69) is 0 Å². The first-order chi connectivity index (χ1) is 7.12. The molecule has 0 aliphatic carbocycles. The molecule has 16 heavy (non-hydrogen) atoms. The molecule has 0 N–H and O–H groups in total. The van der Waals surface area contributed by atoms with E-state index in [-0.39, 0.29) is 0 Å². The standard InChI is InChI=1S/C6H4F3NO4S2/c7-5-2-1-3-6(4-5)10(15(8,11)12)16(9,13)14/h1-4H. The number of nitrogens with zero attached hydrogens (tertiary/aromatic N) is 1. The molecule has 1 aromatic rings. The quantitative estimate of drug-likeness (QED) is 0.773. The monoisotopic (exact) mass is 275 g/mol. The van der Waals surface area contributed by atoms with Crippen molar-refractivity contribution in [3.8, 4) is 0 Å². The molecule has 10 heteroatoms. The van der Waals surface area contributed by atoms with Crippen molar-refractivity contribution in [2.75, 3.05) is 3.71 Å². The highest BCUT2D eigenvalue weighted by Gasteiger charge is 2.34. The molecule has 0 unspecified atom stereocenters. The Kier molecular flexibility index (Phi) is 3.15. The van der Waals surface area contributed by atoms with Crippen LogP contribution in [0.2, 0.25) is 0 Å². The molecule has 5 nitrogen and oxygen atoms in total. The summed E-state index contributed by atoms with van der Waals surface area (Å²) in [5, 5.41) is 0. The number of anilines is 1. The smallest absolute Gasteiger partial charge is 0.207 e. The predicted octanol–water partition coefficient (Wildman–Crippen LogP) is 1.06. The fourth-order valence-corrected chi connectivity index (χ4v) is 2.53. The van der Waals surface area contributed by atoms with Crippen LogP contribution in [-0.2, 0) is 20.8 Å². The van der Waals surface area contributed by atoms with E-state index in [0.717, 1.165) is 18.2 Å².